The predicted molar refractivity (Wildman–Crippen MR) is 74.8 cm³/mol. The van der Waals surface area contributed by atoms with Gasteiger partial charge in [-0.3, -0.25) is 10.1 Å². The predicted octanol–water partition coefficient (Wildman–Crippen LogP) is 4.94. The van der Waals surface area contributed by atoms with Crippen molar-refractivity contribution in [3.8, 4) is 0 Å². The molecular formula is C12H8ClF3N2O2S. The number of nitrogens with one attached hydrogen (secondary N) is 1. The van der Waals surface area contributed by atoms with Gasteiger partial charge in [-0.1, -0.05) is 29.0 Å². The maximum Gasteiger partial charge on any atom is 0.418 e. The molecule has 1 aromatic heterocycles. The van der Waals surface area contributed by atoms with E-state index in [4.69, 9.17) is 11.6 Å². The van der Waals surface area contributed by atoms with Crippen LogP contribution >= 0.6 is 22.9 Å². The van der Waals surface area contributed by atoms with Crippen molar-refractivity contribution in [3.63, 3.8) is 0 Å². The Morgan fingerprint density at radius 2 is 2.00 bits per heavy atom. The lowest BCUT2D eigenvalue weighted by molar-refractivity contribution is -0.380. The summed E-state index contributed by atoms with van der Waals surface area (Å²) >= 11 is 6.68. The van der Waals surface area contributed by atoms with E-state index in [1.165, 1.54) is 24.3 Å². The Balaban J connectivity index is 2.21. The van der Waals surface area contributed by atoms with Gasteiger partial charge in [-0.25, -0.2) is 0 Å². The molecule has 0 aliphatic rings. The van der Waals surface area contributed by atoms with E-state index < -0.39 is 16.7 Å². The fraction of sp³-hybridized carbons (Fsp3) is 0.167. The average Bonchev–Trinajstić information content (AvgIpc) is 2.85. The van der Waals surface area contributed by atoms with Gasteiger partial charge in [-0.15, -0.1) is 0 Å². The molecule has 0 amide bonds. The zero-order valence-electron chi connectivity index (χ0n) is 10.3. The number of hydrogen-bond donors (Lipinski definition) is 1. The summed E-state index contributed by atoms with van der Waals surface area (Å²) in [4.78, 5) is 10.5. The zero-order valence-corrected chi connectivity index (χ0v) is 11.9. The highest BCUT2D eigenvalue weighted by Gasteiger charge is 2.34. The smallest absolute Gasteiger partial charge is 0.378 e. The van der Waals surface area contributed by atoms with E-state index in [0.29, 0.717) is 4.88 Å². The Morgan fingerprint density at radius 3 is 2.57 bits per heavy atom. The van der Waals surface area contributed by atoms with Crippen LogP contribution in [0.1, 0.15) is 10.4 Å². The van der Waals surface area contributed by atoms with Crippen molar-refractivity contribution in [1.29, 1.82) is 0 Å². The van der Waals surface area contributed by atoms with Crippen LogP contribution in [0.5, 0.6) is 0 Å². The van der Waals surface area contributed by atoms with Gasteiger partial charge >= 0.3 is 11.2 Å². The molecule has 21 heavy (non-hydrogen) atoms. The molecule has 0 saturated carbocycles. The maximum absolute atomic E-state index is 12.9. The Morgan fingerprint density at radius 1 is 1.29 bits per heavy atom. The second kappa shape index (κ2) is 5.90. The molecule has 2 rings (SSSR count). The summed E-state index contributed by atoms with van der Waals surface area (Å²) in [5, 5.41) is 13.0. The topological polar surface area (TPSA) is 55.2 Å². The van der Waals surface area contributed by atoms with Crippen molar-refractivity contribution in [3.05, 3.63) is 55.9 Å². The van der Waals surface area contributed by atoms with Crippen LogP contribution in [0.4, 0.5) is 23.9 Å². The van der Waals surface area contributed by atoms with Crippen LogP contribution in [0.2, 0.25) is 5.02 Å². The van der Waals surface area contributed by atoms with Crippen molar-refractivity contribution in [2.75, 3.05) is 5.32 Å². The summed E-state index contributed by atoms with van der Waals surface area (Å²) in [6, 6.07) is 6.27. The molecule has 0 saturated heterocycles. The second-order valence-electron chi connectivity index (χ2n) is 4.01. The molecule has 4 nitrogen and oxygen atoms in total. The first-order chi connectivity index (χ1) is 9.79. The van der Waals surface area contributed by atoms with Gasteiger partial charge in [0.25, 0.3) is 0 Å². The molecule has 0 aliphatic heterocycles. The Kier molecular flexibility index (Phi) is 4.38. The number of anilines is 1. The molecule has 2 aromatic rings. The molecule has 0 fully saturated rings. The van der Waals surface area contributed by atoms with Crippen molar-refractivity contribution in [1.82, 2.24) is 0 Å². The van der Waals surface area contributed by atoms with Gasteiger partial charge in [-0.05, 0) is 18.2 Å². The summed E-state index contributed by atoms with van der Waals surface area (Å²) in [5.74, 6) is 0. The van der Waals surface area contributed by atoms with Crippen molar-refractivity contribution >= 4 is 33.6 Å². The standard InChI is InChI=1S/C12H8ClF3N2O2S/c13-9-3-1-2-8(12(14,15)16)11(9)17-6-7-4-5-10(21-7)18(19)20/h1-5,17H,6H2. The minimum Gasteiger partial charge on any atom is -0.378 e. The van der Waals surface area contributed by atoms with Crippen molar-refractivity contribution in [2.45, 2.75) is 12.7 Å². The molecule has 1 heterocycles. The van der Waals surface area contributed by atoms with E-state index in [1.807, 2.05) is 0 Å². The number of benzene rings is 1. The van der Waals surface area contributed by atoms with Gasteiger partial charge in [0.2, 0.25) is 0 Å². The molecule has 0 bridgehead atoms. The molecule has 1 N–H and O–H groups in total. The molecule has 0 unspecified atom stereocenters. The summed E-state index contributed by atoms with van der Waals surface area (Å²) in [5.41, 5.74) is -1.11. The Hall–Kier alpha value is -1.80. The quantitative estimate of drug-likeness (QED) is 0.635. The third kappa shape index (κ3) is 3.64. The number of nitrogens with zero attached hydrogens (tertiary/aromatic N) is 1. The SMILES string of the molecule is O=[N+]([O-])c1ccc(CNc2c(Cl)cccc2C(F)(F)F)s1. The van der Waals surface area contributed by atoms with Crippen molar-refractivity contribution in [2.24, 2.45) is 0 Å². The number of thiophene rings is 1. The lowest BCUT2D eigenvalue weighted by atomic mass is 10.1. The summed E-state index contributed by atoms with van der Waals surface area (Å²) in [7, 11) is 0. The highest BCUT2D eigenvalue weighted by Crippen LogP contribution is 2.39. The summed E-state index contributed by atoms with van der Waals surface area (Å²) < 4.78 is 38.6. The average molecular weight is 337 g/mol. The number of alkyl halides is 3. The van der Waals surface area contributed by atoms with E-state index in [2.05, 4.69) is 5.32 Å². The number of hydrogen-bond acceptors (Lipinski definition) is 4. The fourth-order valence-electron chi connectivity index (χ4n) is 1.68. The van der Waals surface area contributed by atoms with E-state index in [0.717, 1.165) is 17.4 Å². The Bertz CT molecular complexity index is 673. The van der Waals surface area contributed by atoms with E-state index in [1.54, 1.807) is 0 Å². The van der Waals surface area contributed by atoms with Gasteiger partial charge in [0.05, 0.1) is 21.2 Å². The molecular weight excluding hydrogens is 329 g/mol. The molecule has 0 atom stereocenters. The summed E-state index contributed by atoms with van der Waals surface area (Å²) in [6.45, 7) is 0.0192. The van der Waals surface area contributed by atoms with Gasteiger partial charge in [-0.2, -0.15) is 13.2 Å². The van der Waals surface area contributed by atoms with Crippen LogP contribution in [0.15, 0.2) is 30.3 Å². The summed E-state index contributed by atoms with van der Waals surface area (Å²) in [6.07, 6.45) is -4.53. The lowest BCUT2D eigenvalue weighted by Crippen LogP contribution is -2.10. The Labute approximate surface area is 126 Å². The first-order valence-corrected chi connectivity index (χ1v) is 6.81. The third-order valence-electron chi connectivity index (χ3n) is 2.59. The number of halogens is 4. The molecule has 0 radical (unpaired) electrons. The van der Waals surface area contributed by atoms with E-state index in [9.17, 15) is 23.3 Å². The number of para-hydroxylation sites is 1. The minimum atomic E-state index is -4.53. The first kappa shape index (κ1) is 15.6. The van der Waals surface area contributed by atoms with Gasteiger partial charge < -0.3 is 5.32 Å². The zero-order chi connectivity index (χ0) is 15.6. The largest absolute Gasteiger partial charge is 0.418 e. The van der Waals surface area contributed by atoms with Crippen LogP contribution in [0.3, 0.4) is 0 Å². The normalized spacial score (nSPS) is 11.4. The van der Waals surface area contributed by atoms with Crippen LogP contribution < -0.4 is 5.32 Å². The van der Waals surface area contributed by atoms with Crippen LogP contribution in [-0.4, -0.2) is 4.92 Å². The number of nitro groups is 1. The van der Waals surface area contributed by atoms with Gasteiger partial charge in [0.1, 0.15) is 0 Å². The van der Waals surface area contributed by atoms with Crippen molar-refractivity contribution < 1.29 is 18.1 Å². The highest BCUT2D eigenvalue weighted by atomic mass is 35.5. The third-order valence-corrected chi connectivity index (χ3v) is 3.94. The molecule has 112 valence electrons. The van der Waals surface area contributed by atoms with E-state index in [-0.39, 0.29) is 22.3 Å². The second-order valence-corrected chi connectivity index (χ2v) is 5.56. The molecule has 9 heteroatoms. The maximum atomic E-state index is 12.9. The lowest BCUT2D eigenvalue weighted by Gasteiger charge is -2.15. The van der Waals surface area contributed by atoms with Crippen LogP contribution in [0, 0.1) is 10.1 Å². The molecule has 0 aliphatic carbocycles. The number of rotatable bonds is 4. The fourth-order valence-corrected chi connectivity index (χ4v) is 2.68. The highest BCUT2D eigenvalue weighted by molar-refractivity contribution is 7.15. The molecule has 1 aromatic carbocycles. The van der Waals surface area contributed by atoms with Crippen LogP contribution in [-0.2, 0) is 12.7 Å². The molecule has 0 spiro atoms. The van der Waals surface area contributed by atoms with Gasteiger partial charge in [0.15, 0.2) is 0 Å². The minimum absolute atomic E-state index is 0.0192. The van der Waals surface area contributed by atoms with E-state index >= 15 is 0 Å². The van der Waals surface area contributed by atoms with Gasteiger partial charge in [0, 0.05) is 17.5 Å². The van der Waals surface area contributed by atoms with Crippen LogP contribution in [0.25, 0.3) is 0 Å². The first-order valence-electron chi connectivity index (χ1n) is 5.61. The monoisotopic (exact) mass is 336 g/mol.